The Labute approximate surface area is 79.0 Å². The first-order valence-electron chi connectivity index (χ1n) is 4.79. The fourth-order valence-corrected chi connectivity index (χ4v) is 1.74. The molecule has 0 saturated heterocycles. The Balaban J connectivity index is 1.91. The van der Waals surface area contributed by atoms with Crippen molar-refractivity contribution in [1.29, 1.82) is 0 Å². The van der Waals surface area contributed by atoms with E-state index in [0.29, 0.717) is 0 Å². The first-order chi connectivity index (χ1) is 6.27. The molecule has 0 aromatic carbocycles. The summed E-state index contributed by atoms with van der Waals surface area (Å²) in [5.41, 5.74) is 0. The SMILES string of the molecule is CC1=NCCN1CN1CCN=C1C. The van der Waals surface area contributed by atoms with E-state index in [2.05, 4.69) is 33.6 Å². The van der Waals surface area contributed by atoms with Gasteiger partial charge >= 0.3 is 0 Å². The van der Waals surface area contributed by atoms with Crippen molar-refractivity contribution in [2.45, 2.75) is 13.8 Å². The van der Waals surface area contributed by atoms with Crippen LogP contribution >= 0.6 is 0 Å². The van der Waals surface area contributed by atoms with Crippen LogP contribution in [0, 0.1) is 0 Å². The van der Waals surface area contributed by atoms with Gasteiger partial charge in [0.15, 0.2) is 0 Å². The molecule has 0 N–H and O–H groups in total. The Morgan fingerprint density at radius 2 is 1.46 bits per heavy atom. The van der Waals surface area contributed by atoms with Gasteiger partial charge in [-0.2, -0.15) is 0 Å². The number of nitrogens with zero attached hydrogens (tertiary/aromatic N) is 4. The van der Waals surface area contributed by atoms with Crippen molar-refractivity contribution < 1.29 is 0 Å². The molecule has 0 saturated carbocycles. The van der Waals surface area contributed by atoms with Crippen molar-refractivity contribution in [2.75, 3.05) is 32.8 Å². The number of hydrogen-bond acceptors (Lipinski definition) is 4. The summed E-state index contributed by atoms with van der Waals surface area (Å²) in [5.74, 6) is 2.33. The predicted octanol–water partition coefficient (Wildman–Crippen LogP) is 0.412. The molecule has 2 aliphatic heterocycles. The maximum Gasteiger partial charge on any atom is 0.0973 e. The molecule has 0 fully saturated rings. The van der Waals surface area contributed by atoms with Crippen LogP contribution in [0.2, 0.25) is 0 Å². The zero-order chi connectivity index (χ0) is 9.26. The third-order valence-electron chi connectivity index (χ3n) is 2.68. The maximum absolute atomic E-state index is 4.36. The lowest BCUT2D eigenvalue weighted by Gasteiger charge is -2.26. The van der Waals surface area contributed by atoms with Crippen molar-refractivity contribution in [1.82, 2.24) is 9.80 Å². The molecule has 0 atom stereocenters. The molecule has 0 bridgehead atoms. The van der Waals surface area contributed by atoms with Gasteiger partial charge in [-0.05, 0) is 13.8 Å². The molecule has 0 aromatic heterocycles. The van der Waals surface area contributed by atoms with Gasteiger partial charge in [0.2, 0.25) is 0 Å². The van der Waals surface area contributed by atoms with Gasteiger partial charge < -0.3 is 9.80 Å². The number of amidine groups is 2. The molecular weight excluding hydrogens is 164 g/mol. The molecule has 0 spiro atoms. The lowest BCUT2D eigenvalue weighted by atomic mass is 10.5. The van der Waals surface area contributed by atoms with Crippen molar-refractivity contribution in [3.8, 4) is 0 Å². The summed E-state index contributed by atoms with van der Waals surface area (Å²) in [5, 5.41) is 0. The second-order valence-electron chi connectivity index (χ2n) is 3.53. The quantitative estimate of drug-likeness (QED) is 0.616. The summed E-state index contributed by atoms with van der Waals surface area (Å²) in [6.07, 6.45) is 0. The summed E-state index contributed by atoms with van der Waals surface area (Å²) in [7, 11) is 0. The summed E-state index contributed by atoms with van der Waals surface area (Å²) in [6, 6.07) is 0. The zero-order valence-corrected chi connectivity index (χ0v) is 8.32. The van der Waals surface area contributed by atoms with E-state index < -0.39 is 0 Å². The maximum atomic E-state index is 4.36. The number of hydrogen-bond donors (Lipinski definition) is 0. The Morgan fingerprint density at radius 1 is 1.00 bits per heavy atom. The largest absolute Gasteiger partial charge is 0.341 e. The van der Waals surface area contributed by atoms with Crippen LogP contribution in [0.4, 0.5) is 0 Å². The van der Waals surface area contributed by atoms with Gasteiger partial charge in [0, 0.05) is 13.1 Å². The molecule has 2 heterocycles. The van der Waals surface area contributed by atoms with Crippen molar-refractivity contribution in [3.05, 3.63) is 0 Å². The summed E-state index contributed by atoms with van der Waals surface area (Å²) in [4.78, 5) is 13.3. The molecular formula is C9H16N4. The van der Waals surface area contributed by atoms with Crippen LogP contribution < -0.4 is 0 Å². The average molecular weight is 180 g/mol. The number of rotatable bonds is 2. The molecule has 0 unspecified atom stereocenters. The monoisotopic (exact) mass is 180 g/mol. The van der Waals surface area contributed by atoms with Gasteiger partial charge in [0.25, 0.3) is 0 Å². The Hall–Kier alpha value is -1.06. The minimum absolute atomic E-state index is 0.954. The molecule has 0 amide bonds. The van der Waals surface area contributed by atoms with Crippen LogP contribution in [0.1, 0.15) is 13.8 Å². The second kappa shape index (κ2) is 3.36. The first kappa shape index (κ1) is 8.53. The highest BCUT2D eigenvalue weighted by molar-refractivity contribution is 5.83. The molecule has 0 aromatic rings. The third kappa shape index (κ3) is 1.66. The molecule has 4 heteroatoms. The van der Waals surface area contributed by atoms with Crippen molar-refractivity contribution in [2.24, 2.45) is 9.98 Å². The van der Waals surface area contributed by atoms with E-state index >= 15 is 0 Å². The highest BCUT2D eigenvalue weighted by atomic mass is 15.4. The highest BCUT2D eigenvalue weighted by Gasteiger charge is 2.18. The van der Waals surface area contributed by atoms with Gasteiger partial charge in [-0.1, -0.05) is 0 Å². The summed E-state index contributed by atoms with van der Waals surface area (Å²) >= 11 is 0. The van der Waals surface area contributed by atoms with E-state index in [4.69, 9.17) is 0 Å². The van der Waals surface area contributed by atoms with E-state index in [1.807, 2.05) is 0 Å². The summed E-state index contributed by atoms with van der Waals surface area (Å²) in [6.45, 7) is 9.16. The minimum atomic E-state index is 0.954. The van der Waals surface area contributed by atoms with Gasteiger partial charge in [-0.15, -0.1) is 0 Å². The Morgan fingerprint density at radius 3 is 1.77 bits per heavy atom. The van der Waals surface area contributed by atoms with Crippen molar-refractivity contribution >= 4 is 11.7 Å². The Bertz CT molecular complexity index is 230. The van der Waals surface area contributed by atoms with E-state index in [1.165, 1.54) is 11.7 Å². The van der Waals surface area contributed by atoms with Gasteiger partial charge in [-0.25, -0.2) is 0 Å². The molecule has 2 rings (SSSR count). The average Bonchev–Trinajstić information content (AvgIpc) is 2.65. The zero-order valence-electron chi connectivity index (χ0n) is 8.32. The van der Waals surface area contributed by atoms with E-state index in [0.717, 1.165) is 32.8 Å². The van der Waals surface area contributed by atoms with Crippen LogP contribution in [-0.2, 0) is 0 Å². The highest BCUT2D eigenvalue weighted by Crippen LogP contribution is 2.06. The molecule has 2 aliphatic rings. The normalized spacial score (nSPS) is 22.3. The first-order valence-corrected chi connectivity index (χ1v) is 4.79. The lowest BCUT2D eigenvalue weighted by Crippen LogP contribution is -2.40. The second-order valence-corrected chi connectivity index (χ2v) is 3.53. The predicted molar refractivity (Wildman–Crippen MR) is 54.2 cm³/mol. The van der Waals surface area contributed by atoms with Gasteiger partial charge in [0.1, 0.15) is 0 Å². The third-order valence-corrected chi connectivity index (χ3v) is 2.68. The molecule has 0 aliphatic carbocycles. The van der Waals surface area contributed by atoms with Crippen LogP contribution in [0.3, 0.4) is 0 Å². The molecule has 4 nitrogen and oxygen atoms in total. The molecule has 0 radical (unpaired) electrons. The van der Waals surface area contributed by atoms with Gasteiger partial charge in [-0.3, -0.25) is 9.98 Å². The van der Waals surface area contributed by atoms with Crippen LogP contribution in [0.25, 0.3) is 0 Å². The van der Waals surface area contributed by atoms with Crippen LogP contribution in [0.15, 0.2) is 9.98 Å². The van der Waals surface area contributed by atoms with Crippen LogP contribution in [-0.4, -0.2) is 54.3 Å². The standard InChI is InChI=1S/C9H16N4/c1-8-10-3-5-12(8)7-13-6-4-11-9(13)2/h3-7H2,1-2H3. The van der Waals surface area contributed by atoms with Crippen molar-refractivity contribution in [3.63, 3.8) is 0 Å². The van der Waals surface area contributed by atoms with Gasteiger partial charge in [0.05, 0.1) is 31.4 Å². The Kier molecular flexibility index (Phi) is 2.20. The fraction of sp³-hybridized carbons (Fsp3) is 0.778. The minimum Gasteiger partial charge on any atom is -0.341 e. The van der Waals surface area contributed by atoms with E-state index in [1.54, 1.807) is 0 Å². The molecule has 13 heavy (non-hydrogen) atoms. The van der Waals surface area contributed by atoms with Crippen LogP contribution in [0.5, 0.6) is 0 Å². The molecule has 72 valence electrons. The fourth-order valence-electron chi connectivity index (χ4n) is 1.74. The smallest absolute Gasteiger partial charge is 0.0973 e. The number of aliphatic imine (C=N–C) groups is 2. The lowest BCUT2D eigenvalue weighted by molar-refractivity contribution is 0.300. The topological polar surface area (TPSA) is 31.2 Å². The summed E-state index contributed by atoms with van der Waals surface area (Å²) < 4.78 is 0. The van der Waals surface area contributed by atoms with E-state index in [-0.39, 0.29) is 0 Å². The van der Waals surface area contributed by atoms with E-state index in [9.17, 15) is 0 Å².